The first-order valence-electron chi connectivity index (χ1n) is 4.73. The molecular formula is C11H10FN3O. The lowest BCUT2D eigenvalue weighted by Gasteiger charge is -2.03. The largest absolute Gasteiger partial charge is 0.321 e. The summed E-state index contributed by atoms with van der Waals surface area (Å²) in [4.78, 5) is 11.7. The molecule has 2 aromatic rings. The van der Waals surface area contributed by atoms with Crippen molar-refractivity contribution in [2.24, 2.45) is 0 Å². The Morgan fingerprint density at radius 1 is 1.50 bits per heavy atom. The number of aromatic amines is 1. The van der Waals surface area contributed by atoms with Gasteiger partial charge in [0.2, 0.25) is 0 Å². The van der Waals surface area contributed by atoms with Gasteiger partial charge < -0.3 is 5.32 Å². The predicted molar refractivity (Wildman–Crippen MR) is 57.7 cm³/mol. The van der Waals surface area contributed by atoms with Crippen LogP contribution in [0.15, 0.2) is 30.5 Å². The third-order valence-corrected chi connectivity index (χ3v) is 2.14. The van der Waals surface area contributed by atoms with E-state index in [1.807, 2.05) is 0 Å². The molecule has 0 aliphatic carbocycles. The molecule has 2 rings (SSSR count). The Bertz CT molecular complexity index is 521. The van der Waals surface area contributed by atoms with Crippen LogP contribution >= 0.6 is 0 Å². The first kappa shape index (κ1) is 10.4. The van der Waals surface area contributed by atoms with Crippen LogP contribution < -0.4 is 5.32 Å². The van der Waals surface area contributed by atoms with Gasteiger partial charge in [-0.1, -0.05) is 6.07 Å². The van der Waals surface area contributed by atoms with Crippen LogP contribution in [-0.2, 0) is 0 Å². The molecule has 1 aromatic heterocycles. The van der Waals surface area contributed by atoms with Crippen LogP contribution in [0.1, 0.15) is 16.1 Å². The van der Waals surface area contributed by atoms with Gasteiger partial charge in [-0.25, -0.2) is 4.39 Å². The summed E-state index contributed by atoms with van der Waals surface area (Å²) in [6.45, 7) is 1.77. The van der Waals surface area contributed by atoms with E-state index in [1.54, 1.807) is 19.2 Å². The highest BCUT2D eigenvalue weighted by molar-refractivity contribution is 6.03. The van der Waals surface area contributed by atoms with E-state index in [2.05, 4.69) is 15.5 Å². The molecule has 5 heteroatoms. The molecule has 1 aromatic carbocycles. The Morgan fingerprint density at radius 3 is 2.94 bits per heavy atom. The molecule has 0 saturated heterocycles. The summed E-state index contributed by atoms with van der Waals surface area (Å²) in [6, 6.07) is 5.72. The molecule has 2 N–H and O–H groups in total. The fraction of sp³-hybridized carbons (Fsp3) is 0.0909. The van der Waals surface area contributed by atoms with E-state index < -0.39 is 0 Å². The summed E-state index contributed by atoms with van der Waals surface area (Å²) in [7, 11) is 0. The first-order chi connectivity index (χ1) is 7.66. The van der Waals surface area contributed by atoms with Crippen molar-refractivity contribution in [1.82, 2.24) is 10.2 Å². The maximum atomic E-state index is 12.9. The summed E-state index contributed by atoms with van der Waals surface area (Å²) in [5.41, 5.74) is 1.54. The first-order valence-corrected chi connectivity index (χ1v) is 4.73. The fourth-order valence-corrected chi connectivity index (χ4v) is 1.34. The summed E-state index contributed by atoms with van der Waals surface area (Å²) in [6.07, 6.45) is 1.56. The number of anilines is 1. The van der Waals surface area contributed by atoms with Gasteiger partial charge in [0.1, 0.15) is 11.5 Å². The molecule has 0 spiro atoms. The highest BCUT2D eigenvalue weighted by Crippen LogP contribution is 2.11. The van der Waals surface area contributed by atoms with Crippen LogP contribution in [0.5, 0.6) is 0 Å². The number of hydrogen-bond donors (Lipinski definition) is 2. The molecule has 0 aliphatic heterocycles. The average Bonchev–Trinajstić information content (AvgIpc) is 2.64. The summed E-state index contributed by atoms with van der Waals surface area (Å²) < 4.78 is 12.9. The number of rotatable bonds is 2. The van der Waals surface area contributed by atoms with Gasteiger partial charge in [0, 0.05) is 5.69 Å². The van der Waals surface area contributed by atoms with Gasteiger partial charge in [0.25, 0.3) is 5.91 Å². The Balaban J connectivity index is 2.17. The third kappa shape index (κ3) is 2.08. The minimum Gasteiger partial charge on any atom is -0.321 e. The lowest BCUT2D eigenvalue weighted by atomic mass is 10.2. The Labute approximate surface area is 91.5 Å². The number of aryl methyl sites for hydroxylation is 1. The zero-order valence-electron chi connectivity index (χ0n) is 8.62. The molecule has 0 bridgehead atoms. The van der Waals surface area contributed by atoms with Crippen molar-refractivity contribution >= 4 is 11.6 Å². The van der Waals surface area contributed by atoms with E-state index >= 15 is 0 Å². The number of amides is 1. The minimum absolute atomic E-state index is 0.333. The fourth-order valence-electron chi connectivity index (χ4n) is 1.34. The molecule has 82 valence electrons. The Hall–Kier alpha value is -2.17. The van der Waals surface area contributed by atoms with Crippen molar-refractivity contribution in [3.63, 3.8) is 0 Å². The van der Waals surface area contributed by atoms with Gasteiger partial charge in [-0.2, -0.15) is 5.10 Å². The van der Waals surface area contributed by atoms with Crippen molar-refractivity contribution in [2.75, 3.05) is 5.32 Å². The molecule has 0 saturated carbocycles. The van der Waals surface area contributed by atoms with Gasteiger partial charge in [-0.15, -0.1) is 0 Å². The average molecular weight is 219 g/mol. The van der Waals surface area contributed by atoms with Crippen molar-refractivity contribution in [2.45, 2.75) is 6.92 Å². The molecule has 0 aliphatic rings. The van der Waals surface area contributed by atoms with Crippen LogP contribution in [0.3, 0.4) is 0 Å². The smallest absolute Gasteiger partial charge is 0.273 e. The maximum Gasteiger partial charge on any atom is 0.273 e. The third-order valence-electron chi connectivity index (χ3n) is 2.14. The van der Waals surface area contributed by atoms with Crippen LogP contribution in [0.2, 0.25) is 0 Å². The van der Waals surface area contributed by atoms with E-state index in [0.717, 1.165) is 5.56 Å². The molecule has 1 amide bonds. The highest BCUT2D eigenvalue weighted by Gasteiger charge is 2.10. The number of hydrogen-bond acceptors (Lipinski definition) is 2. The zero-order chi connectivity index (χ0) is 11.5. The Morgan fingerprint density at radius 2 is 2.31 bits per heavy atom. The molecule has 4 nitrogen and oxygen atoms in total. The second kappa shape index (κ2) is 4.14. The standard InChI is InChI=1S/C11H10FN3O/c1-7-6-13-15-10(7)11(16)14-9-4-2-3-8(12)5-9/h2-6H,1H3,(H,13,15)(H,14,16). The van der Waals surface area contributed by atoms with E-state index in [0.29, 0.717) is 11.4 Å². The van der Waals surface area contributed by atoms with Crippen molar-refractivity contribution < 1.29 is 9.18 Å². The second-order valence-corrected chi connectivity index (χ2v) is 3.39. The number of halogens is 1. The SMILES string of the molecule is Cc1cn[nH]c1C(=O)Nc1cccc(F)c1. The van der Waals surface area contributed by atoms with Crippen LogP contribution in [0.25, 0.3) is 0 Å². The Kier molecular flexibility index (Phi) is 2.68. The molecule has 0 atom stereocenters. The van der Waals surface area contributed by atoms with Gasteiger partial charge in [-0.05, 0) is 30.7 Å². The van der Waals surface area contributed by atoms with E-state index in [1.165, 1.54) is 18.2 Å². The minimum atomic E-state index is -0.390. The van der Waals surface area contributed by atoms with Crippen molar-refractivity contribution in [1.29, 1.82) is 0 Å². The quantitative estimate of drug-likeness (QED) is 0.812. The monoisotopic (exact) mass is 219 g/mol. The highest BCUT2D eigenvalue weighted by atomic mass is 19.1. The topological polar surface area (TPSA) is 57.8 Å². The van der Waals surface area contributed by atoms with Gasteiger partial charge in [0.15, 0.2) is 0 Å². The van der Waals surface area contributed by atoms with Crippen LogP contribution in [-0.4, -0.2) is 16.1 Å². The van der Waals surface area contributed by atoms with Crippen LogP contribution in [0, 0.1) is 12.7 Å². The zero-order valence-corrected chi connectivity index (χ0v) is 8.62. The number of nitrogens with one attached hydrogen (secondary N) is 2. The summed E-state index contributed by atoms with van der Waals surface area (Å²) >= 11 is 0. The normalized spacial score (nSPS) is 10.1. The van der Waals surface area contributed by atoms with E-state index in [9.17, 15) is 9.18 Å². The molecule has 0 fully saturated rings. The lowest BCUT2D eigenvalue weighted by molar-refractivity contribution is 0.102. The number of carbonyl (C=O) groups is 1. The molecule has 0 radical (unpaired) electrons. The van der Waals surface area contributed by atoms with Gasteiger partial charge in [-0.3, -0.25) is 9.89 Å². The number of benzene rings is 1. The van der Waals surface area contributed by atoms with E-state index in [4.69, 9.17) is 0 Å². The van der Waals surface area contributed by atoms with E-state index in [-0.39, 0.29) is 11.7 Å². The van der Waals surface area contributed by atoms with Crippen molar-refractivity contribution in [3.05, 3.63) is 47.5 Å². The summed E-state index contributed by atoms with van der Waals surface area (Å²) in [5, 5.41) is 8.90. The van der Waals surface area contributed by atoms with Crippen LogP contribution in [0.4, 0.5) is 10.1 Å². The molecule has 0 unspecified atom stereocenters. The molecular weight excluding hydrogens is 209 g/mol. The molecule has 1 heterocycles. The molecule has 16 heavy (non-hydrogen) atoms. The number of carbonyl (C=O) groups excluding carboxylic acids is 1. The lowest BCUT2D eigenvalue weighted by Crippen LogP contribution is -2.13. The van der Waals surface area contributed by atoms with Gasteiger partial charge in [0.05, 0.1) is 6.20 Å². The second-order valence-electron chi connectivity index (χ2n) is 3.39. The number of nitrogens with zero attached hydrogens (tertiary/aromatic N) is 1. The van der Waals surface area contributed by atoms with Crippen molar-refractivity contribution in [3.8, 4) is 0 Å². The van der Waals surface area contributed by atoms with Gasteiger partial charge >= 0.3 is 0 Å². The summed E-state index contributed by atoms with van der Waals surface area (Å²) in [5.74, 6) is -0.722. The predicted octanol–water partition coefficient (Wildman–Crippen LogP) is 2.11. The number of aromatic nitrogens is 2. The number of H-pyrrole nitrogens is 1. The maximum absolute atomic E-state index is 12.9.